The summed E-state index contributed by atoms with van der Waals surface area (Å²) in [4.78, 5) is 22.2. The third kappa shape index (κ3) is 4.59. The van der Waals surface area contributed by atoms with E-state index in [1.165, 1.54) is 22.6 Å². The lowest BCUT2D eigenvalue weighted by atomic mass is 10.2. The van der Waals surface area contributed by atoms with Crippen LogP contribution in [0.4, 0.5) is 11.5 Å². The number of hydrogen-bond acceptors (Lipinski definition) is 7. The van der Waals surface area contributed by atoms with E-state index in [0.29, 0.717) is 37.6 Å². The van der Waals surface area contributed by atoms with Gasteiger partial charge in [0.05, 0.1) is 10.5 Å². The van der Waals surface area contributed by atoms with Crippen molar-refractivity contribution in [1.29, 1.82) is 5.26 Å². The van der Waals surface area contributed by atoms with E-state index < -0.39 is 20.3 Å². The van der Waals surface area contributed by atoms with Gasteiger partial charge in [-0.25, -0.2) is 13.4 Å². The quantitative estimate of drug-likeness (QED) is 0.377. The molecule has 1 aliphatic heterocycles. The van der Waals surface area contributed by atoms with Crippen LogP contribution in [0.1, 0.15) is 11.1 Å². The zero-order valence-electron chi connectivity index (χ0n) is 20.3. The number of anilines is 2. The van der Waals surface area contributed by atoms with Crippen molar-refractivity contribution in [2.75, 3.05) is 36.0 Å². The van der Waals surface area contributed by atoms with Crippen LogP contribution < -0.4 is 15.4 Å². The van der Waals surface area contributed by atoms with Crippen LogP contribution in [0, 0.1) is 18.3 Å². The van der Waals surface area contributed by atoms with Crippen LogP contribution in [0.5, 0.6) is 0 Å². The highest BCUT2D eigenvalue weighted by molar-refractivity contribution is 7.95. The van der Waals surface area contributed by atoms with Crippen molar-refractivity contribution in [3.63, 3.8) is 0 Å². The smallest absolute Gasteiger partial charge is 0.267 e. The number of rotatable bonds is 5. The number of aromatic nitrogens is 2. The minimum absolute atomic E-state index is 0.00878. The average Bonchev–Trinajstić information content (AvgIpc) is 2.94. The van der Waals surface area contributed by atoms with E-state index in [2.05, 4.69) is 17.0 Å². The zero-order valence-corrected chi connectivity index (χ0v) is 21.1. The average molecular weight is 512 g/mol. The highest BCUT2D eigenvalue weighted by atomic mass is 32.2. The van der Waals surface area contributed by atoms with Crippen molar-refractivity contribution < 1.29 is 8.42 Å². The van der Waals surface area contributed by atoms with Gasteiger partial charge >= 0.3 is 0 Å². The van der Waals surface area contributed by atoms with E-state index in [9.17, 15) is 18.5 Å². The number of piperazine rings is 1. The monoisotopic (exact) mass is 511 g/mol. The first kappa shape index (κ1) is 24.3. The van der Waals surface area contributed by atoms with Crippen molar-refractivity contribution in [2.45, 2.75) is 11.8 Å². The molecule has 0 atom stereocenters. The van der Waals surface area contributed by atoms with E-state index in [1.54, 1.807) is 36.5 Å². The minimum atomic E-state index is -4.12. The fourth-order valence-corrected chi connectivity index (χ4v) is 5.67. The number of pyridine rings is 1. The summed E-state index contributed by atoms with van der Waals surface area (Å²) in [6.07, 6.45) is 2.77. The maximum Gasteiger partial charge on any atom is 0.267 e. The molecule has 2 aromatic heterocycles. The van der Waals surface area contributed by atoms with Crippen molar-refractivity contribution in [3.05, 3.63) is 105 Å². The number of nitriles is 1. The Kier molecular flexibility index (Phi) is 6.51. The molecule has 0 spiro atoms. The topological polar surface area (TPSA) is 98.8 Å². The number of fused-ring (bicyclic) bond motifs is 1. The maximum atomic E-state index is 13.7. The molecule has 1 aliphatic rings. The SMILES string of the molecule is Cc1cccn2c(=O)c(/C=C(\C#N)S(=O)(=O)c3ccccc3)c(N3CCN(c4ccccc4)CC3)nc12. The molecule has 2 aromatic carbocycles. The molecule has 0 unspecified atom stereocenters. The molecule has 0 amide bonds. The van der Waals surface area contributed by atoms with Crippen LogP contribution in [0.3, 0.4) is 0 Å². The second-order valence-corrected chi connectivity index (χ2v) is 10.7. The Hall–Kier alpha value is -4.42. The summed E-state index contributed by atoms with van der Waals surface area (Å²) in [5, 5.41) is 9.85. The number of aryl methyl sites for hydroxylation is 1. The predicted molar refractivity (Wildman–Crippen MR) is 144 cm³/mol. The Morgan fingerprint density at radius 2 is 1.54 bits per heavy atom. The predicted octanol–water partition coefficient (Wildman–Crippen LogP) is 3.67. The number of para-hydroxylation sites is 1. The number of sulfone groups is 1. The van der Waals surface area contributed by atoms with Crippen molar-refractivity contribution in [2.24, 2.45) is 0 Å². The maximum absolute atomic E-state index is 13.7. The lowest BCUT2D eigenvalue weighted by Gasteiger charge is -2.37. The molecular weight excluding hydrogens is 486 g/mol. The Morgan fingerprint density at radius 1 is 0.919 bits per heavy atom. The molecule has 0 saturated carbocycles. The van der Waals surface area contributed by atoms with Crippen molar-refractivity contribution in [3.8, 4) is 6.07 Å². The van der Waals surface area contributed by atoms with Gasteiger partial charge in [-0.1, -0.05) is 42.5 Å². The van der Waals surface area contributed by atoms with E-state index in [-0.39, 0.29) is 10.5 Å². The van der Waals surface area contributed by atoms with Crippen LogP contribution >= 0.6 is 0 Å². The van der Waals surface area contributed by atoms with Gasteiger partial charge in [-0.3, -0.25) is 9.20 Å². The van der Waals surface area contributed by atoms with Crippen LogP contribution in [0.15, 0.2) is 93.6 Å². The number of hydrogen-bond donors (Lipinski definition) is 0. The van der Waals surface area contributed by atoms with Crippen LogP contribution in [-0.4, -0.2) is 44.0 Å². The standard InChI is InChI=1S/C28H25N5O3S/c1-21-9-8-14-33-26(21)30-27(32-17-15-31(16-18-32)22-10-4-2-5-11-22)25(28(33)34)19-24(20-29)37(35,36)23-12-6-3-7-13-23/h2-14,19H,15-18H2,1H3/b24-19+. The molecule has 3 heterocycles. The van der Waals surface area contributed by atoms with Gasteiger partial charge in [-0.2, -0.15) is 5.26 Å². The molecule has 8 nitrogen and oxygen atoms in total. The Labute approximate surface area is 215 Å². The third-order valence-electron chi connectivity index (χ3n) is 6.49. The van der Waals surface area contributed by atoms with Gasteiger partial charge in [0.15, 0.2) is 0 Å². The van der Waals surface area contributed by atoms with Gasteiger partial charge in [0.1, 0.15) is 22.4 Å². The van der Waals surface area contributed by atoms with Gasteiger partial charge in [0.25, 0.3) is 5.56 Å². The fourth-order valence-electron chi connectivity index (χ4n) is 4.51. The highest BCUT2D eigenvalue weighted by Gasteiger charge is 2.26. The summed E-state index contributed by atoms with van der Waals surface area (Å²) < 4.78 is 27.9. The molecule has 5 rings (SSSR count). The van der Waals surface area contributed by atoms with Gasteiger partial charge in [0.2, 0.25) is 9.84 Å². The van der Waals surface area contributed by atoms with E-state index in [1.807, 2.05) is 36.1 Å². The number of benzene rings is 2. The molecule has 186 valence electrons. The van der Waals surface area contributed by atoms with Gasteiger partial charge < -0.3 is 9.80 Å². The molecule has 4 aromatic rings. The van der Waals surface area contributed by atoms with E-state index >= 15 is 0 Å². The first-order chi connectivity index (χ1) is 17.9. The second kappa shape index (κ2) is 9.91. The largest absolute Gasteiger partial charge is 0.368 e. The fraction of sp³-hybridized carbons (Fsp3) is 0.179. The normalized spacial score (nSPS) is 14.5. The molecule has 1 saturated heterocycles. The molecule has 37 heavy (non-hydrogen) atoms. The molecule has 9 heteroatoms. The number of nitrogens with zero attached hydrogens (tertiary/aromatic N) is 5. The van der Waals surface area contributed by atoms with E-state index in [4.69, 9.17) is 4.98 Å². The Bertz CT molecular complexity index is 1680. The summed E-state index contributed by atoms with van der Waals surface area (Å²) in [6.45, 7) is 4.44. The molecule has 0 N–H and O–H groups in total. The Morgan fingerprint density at radius 3 is 2.19 bits per heavy atom. The van der Waals surface area contributed by atoms with E-state index in [0.717, 1.165) is 11.3 Å². The van der Waals surface area contributed by atoms with Gasteiger partial charge in [-0.15, -0.1) is 0 Å². The first-order valence-electron chi connectivity index (χ1n) is 11.9. The van der Waals surface area contributed by atoms with Gasteiger partial charge in [0, 0.05) is 38.1 Å². The third-order valence-corrected chi connectivity index (χ3v) is 8.17. The molecule has 1 fully saturated rings. The molecular formula is C28H25N5O3S. The molecule has 0 aliphatic carbocycles. The molecule has 0 bridgehead atoms. The summed E-state index contributed by atoms with van der Waals surface area (Å²) in [5.74, 6) is 0.378. The first-order valence-corrected chi connectivity index (χ1v) is 13.4. The summed E-state index contributed by atoms with van der Waals surface area (Å²) in [6, 6.07) is 23.2. The minimum Gasteiger partial charge on any atom is -0.368 e. The second-order valence-electron chi connectivity index (χ2n) is 8.79. The van der Waals surface area contributed by atoms with Crippen LogP contribution in [0.25, 0.3) is 11.7 Å². The summed E-state index contributed by atoms with van der Waals surface area (Å²) >= 11 is 0. The highest BCUT2D eigenvalue weighted by Crippen LogP contribution is 2.26. The van der Waals surface area contributed by atoms with Crippen molar-refractivity contribution >= 4 is 33.1 Å². The molecule has 0 radical (unpaired) electrons. The van der Waals surface area contributed by atoms with Crippen LogP contribution in [-0.2, 0) is 9.84 Å². The van der Waals surface area contributed by atoms with Crippen LogP contribution in [0.2, 0.25) is 0 Å². The lowest BCUT2D eigenvalue weighted by Crippen LogP contribution is -2.47. The Balaban J connectivity index is 1.62. The van der Waals surface area contributed by atoms with Crippen molar-refractivity contribution in [1.82, 2.24) is 9.38 Å². The summed E-state index contributed by atoms with van der Waals surface area (Å²) in [7, 11) is -4.12. The lowest BCUT2D eigenvalue weighted by molar-refractivity contribution is 0.603. The zero-order chi connectivity index (χ0) is 26.0. The number of allylic oxidation sites excluding steroid dienone is 1. The van der Waals surface area contributed by atoms with Gasteiger partial charge in [-0.05, 0) is 48.9 Å². The summed E-state index contributed by atoms with van der Waals surface area (Å²) in [5.41, 5.74) is 2.08.